The molecule has 0 spiro atoms. The van der Waals surface area contributed by atoms with Gasteiger partial charge in [-0.25, -0.2) is 8.42 Å². The average molecular weight is 442 g/mol. The van der Waals surface area contributed by atoms with Gasteiger partial charge >= 0.3 is 0 Å². The van der Waals surface area contributed by atoms with Crippen LogP contribution in [0.5, 0.6) is 0 Å². The van der Waals surface area contributed by atoms with Crippen molar-refractivity contribution in [3.63, 3.8) is 0 Å². The lowest BCUT2D eigenvalue weighted by Gasteiger charge is -2.28. The first-order valence-electron chi connectivity index (χ1n) is 6.59. The molecule has 8 heteroatoms. The molecule has 1 aliphatic carbocycles. The fourth-order valence-electron chi connectivity index (χ4n) is 2.70. The van der Waals surface area contributed by atoms with E-state index in [4.69, 9.17) is 5.73 Å². The second-order valence-electron chi connectivity index (χ2n) is 5.50. The standard InChI is InChI=1S/C13H18Br2N2O3S/c1-17(8-13(18)4-2-3-5-13)21(19,20)12-10(15)6-9(14)7-11(12)16/h6-7,18H,2-5,8,16H2,1H3. The van der Waals surface area contributed by atoms with E-state index in [0.29, 0.717) is 21.8 Å². The van der Waals surface area contributed by atoms with Gasteiger partial charge in [-0.15, -0.1) is 0 Å². The molecule has 0 unspecified atom stereocenters. The van der Waals surface area contributed by atoms with Gasteiger partial charge in [0.25, 0.3) is 0 Å². The topological polar surface area (TPSA) is 83.6 Å². The van der Waals surface area contributed by atoms with Crippen molar-refractivity contribution in [3.8, 4) is 0 Å². The summed E-state index contributed by atoms with van der Waals surface area (Å²) in [5, 5.41) is 10.4. The highest BCUT2D eigenvalue weighted by atomic mass is 79.9. The van der Waals surface area contributed by atoms with Gasteiger partial charge < -0.3 is 10.8 Å². The van der Waals surface area contributed by atoms with Crippen LogP contribution in [-0.2, 0) is 10.0 Å². The van der Waals surface area contributed by atoms with Crippen LogP contribution in [-0.4, -0.2) is 37.0 Å². The molecule has 21 heavy (non-hydrogen) atoms. The third kappa shape index (κ3) is 3.61. The van der Waals surface area contributed by atoms with Crippen LogP contribution in [0.25, 0.3) is 0 Å². The highest BCUT2D eigenvalue weighted by molar-refractivity contribution is 9.11. The van der Waals surface area contributed by atoms with E-state index in [9.17, 15) is 13.5 Å². The summed E-state index contributed by atoms with van der Waals surface area (Å²) in [4.78, 5) is 0.0368. The minimum absolute atomic E-state index is 0.0368. The average Bonchev–Trinajstić information content (AvgIpc) is 2.73. The maximum atomic E-state index is 12.7. The number of benzene rings is 1. The smallest absolute Gasteiger partial charge is 0.246 e. The number of nitrogen functional groups attached to an aromatic ring is 1. The normalized spacial score (nSPS) is 18.3. The molecule has 1 aromatic carbocycles. The van der Waals surface area contributed by atoms with Gasteiger partial charge in [-0.3, -0.25) is 0 Å². The number of halogens is 2. The van der Waals surface area contributed by atoms with Crippen molar-refractivity contribution in [2.24, 2.45) is 0 Å². The van der Waals surface area contributed by atoms with E-state index >= 15 is 0 Å². The summed E-state index contributed by atoms with van der Waals surface area (Å²) >= 11 is 6.52. The Morgan fingerprint density at radius 2 is 1.90 bits per heavy atom. The number of hydrogen-bond acceptors (Lipinski definition) is 4. The predicted octanol–water partition coefficient (Wildman–Crippen LogP) is 2.72. The largest absolute Gasteiger partial charge is 0.398 e. The van der Waals surface area contributed by atoms with E-state index < -0.39 is 15.6 Å². The van der Waals surface area contributed by atoms with Crippen molar-refractivity contribution in [1.82, 2.24) is 4.31 Å². The fraction of sp³-hybridized carbons (Fsp3) is 0.538. The monoisotopic (exact) mass is 440 g/mol. The van der Waals surface area contributed by atoms with Crippen molar-refractivity contribution < 1.29 is 13.5 Å². The molecule has 118 valence electrons. The van der Waals surface area contributed by atoms with Crippen LogP contribution in [0, 0.1) is 0 Å². The maximum Gasteiger partial charge on any atom is 0.246 e. The number of aliphatic hydroxyl groups is 1. The van der Waals surface area contributed by atoms with Crippen molar-refractivity contribution in [3.05, 3.63) is 21.1 Å². The van der Waals surface area contributed by atoms with E-state index in [0.717, 1.165) is 12.8 Å². The van der Waals surface area contributed by atoms with E-state index in [1.165, 1.54) is 11.4 Å². The molecule has 0 saturated heterocycles. The molecule has 1 aromatic rings. The lowest BCUT2D eigenvalue weighted by atomic mass is 10.0. The summed E-state index contributed by atoms with van der Waals surface area (Å²) in [6.45, 7) is 0.0806. The highest BCUT2D eigenvalue weighted by Crippen LogP contribution is 2.35. The van der Waals surface area contributed by atoms with Crippen molar-refractivity contribution in [2.75, 3.05) is 19.3 Å². The van der Waals surface area contributed by atoms with Gasteiger partial charge in [-0.05, 0) is 40.9 Å². The zero-order valence-electron chi connectivity index (χ0n) is 11.6. The lowest BCUT2D eigenvalue weighted by Crippen LogP contribution is -2.42. The molecule has 1 saturated carbocycles. The van der Waals surface area contributed by atoms with Gasteiger partial charge in [0.1, 0.15) is 4.90 Å². The molecule has 1 fully saturated rings. The Bertz CT molecular complexity index is 620. The van der Waals surface area contributed by atoms with Crippen molar-refractivity contribution in [2.45, 2.75) is 36.2 Å². The van der Waals surface area contributed by atoms with Crippen molar-refractivity contribution >= 4 is 47.6 Å². The summed E-state index contributed by atoms with van der Waals surface area (Å²) in [5.74, 6) is 0. The Hall–Kier alpha value is -0.150. The lowest BCUT2D eigenvalue weighted by molar-refractivity contribution is 0.0333. The molecular weight excluding hydrogens is 424 g/mol. The Labute approximate surface area is 141 Å². The number of hydrogen-bond donors (Lipinski definition) is 2. The summed E-state index contributed by atoms with van der Waals surface area (Å²) in [6.07, 6.45) is 3.11. The second kappa shape index (κ2) is 6.16. The van der Waals surface area contributed by atoms with Crippen molar-refractivity contribution in [1.29, 1.82) is 0 Å². The Morgan fingerprint density at radius 1 is 1.33 bits per heavy atom. The van der Waals surface area contributed by atoms with Crippen LogP contribution in [0.1, 0.15) is 25.7 Å². The highest BCUT2D eigenvalue weighted by Gasteiger charge is 2.37. The van der Waals surface area contributed by atoms with Gasteiger partial charge in [0, 0.05) is 22.5 Å². The molecule has 3 N–H and O–H groups in total. The minimum atomic E-state index is -3.76. The first-order chi connectivity index (χ1) is 9.66. The molecule has 0 aromatic heterocycles. The SMILES string of the molecule is CN(CC1(O)CCCC1)S(=O)(=O)c1c(N)cc(Br)cc1Br. The van der Waals surface area contributed by atoms with Crippen LogP contribution in [0.2, 0.25) is 0 Å². The molecule has 0 amide bonds. The molecule has 5 nitrogen and oxygen atoms in total. The summed E-state index contributed by atoms with van der Waals surface area (Å²) in [6, 6.07) is 3.19. The first kappa shape index (κ1) is 17.2. The van der Waals surface area contributed by atoms with Gasteiger partial charge in [0.05, 0.1) is 11.3 Å². The summed E-state index contributed by atoms with van der Waals surface area (Å²) < 4.78 is 27.7. The fourth-order valence-corrected chi connectivity index (χ4v) is 5.95. The molecule has 0 heterocycles. The van der Waals surface area contributed by atoms with E-state index in [1.807, 2.05) is 0 Å². The van der Waals surface area contributed by atoms with Crippen LogP contribution in [0.3, 0.4) is 0 Å². The number of nitrogens with zero attached hydrogens (tertiary/aromatic N) is 1. The zero-order chi connectivity index (χ0) is 15.8. The molecule has 2 rings (SSSR count). The molecular formula is C13H18Br2N2O3S. The number of likely N-dealkylation sites (N-methyl/N-ethyl adjacent to an activating group) is 1. The third-order valence-corrected chi connectivity index (χ3v) is 7.02. The number of rotatable bonds is 4. The molecule has 1 aliphatic rings. The van der Waals surface area contributed by atoms with Gasteiger partial charge in [-0.2, -0.15) is 4.31 Å². The quantitative estimate of drug-likeness (QED) is 0.703. The second-order valence-corrected chi connectivity index (χ2v) is 9.25. The van der Waals surface area contributed by atoms with Gasteiger partial charge in [-0.1, -0.05) is 28.8 Å². The molecule has 0 aliphatic heterocycles. The van der Waals surface area contributed by atoms with Crippen LogP contribution in [0.4, 0.5) is 5.69 Å². The molecule has 0 atom stereocenters. The number of nitrogens with two attached hydrogens (primary N) is 1. The maximum absolute atomic E-state index is 12.7. The predicted molar refractivity (Wildman–Crippen MR) is 89.5 cm³/mol. The Balaban J connectivity index is 2.34. The zero-order valence-corrected chi connectivity index (χ0v) is 15.6. The Kier molecular flexibility index (Phi) is 5.04. The molecule has 0 radical (unpaired) electrons. The Morgan fingerprint density at radius 3 is 2.43 bits per heavy atom. The van der Waals surface area contributed by atoms with E-state index in [2.05, 4.69) is 31.9 Å². The minimum Gasteiger partial charge on any atom is -0.398 e. The summed E-state index contributed by atoms with van der Waals surface area (Å²) in [7, 11) is -2.29. The van der Waals surface area contributed by atoms with Gasteiger partial charge in [0.2, 0.25) is 10.0 Å². The van der Waals surface area contributed by atoms with E-state index in [-0.39, 0.29) is 17.1 Å². The van der Waals surface area contributed by atoms with Crippen LogP contribution >= 0.6 is 31.9 Å². The van der Waals surface area contributed by atoms with Gasteiger partial charge in [0.15, 0.2) is 0 Å². The first-order valence-corrected chi connectivity index (χ1v) is 9.62. The van der Waals surface area contributed by atoms with Crippen LogP contribution < -0.4 is 5.73 Å². The van der Waals surface area contributed by atoms with Crippen LogP contribution in [0.15, 0.2) is 26.0 Å². The summed E-state index contributed by atoms with van der Waals surface area (Å²) in [5.41, 5.74) is 5.09. The molecule has 0 bridgehead atoms. The third-order valence-electron chi connectivity index (χ3n) is 3.76. The number of sulfonamides is 1. The van der Waals surface area contributed by atoms with E-state index in [1.54, 1.807) is 12.1 Å². The number of anilines is 1.